The van der Waals surface area contributed by atoms with Crippen LogP contribution in [0, 0.1) is 11.8 Å². The Kier molecular flexibility index (Phi) is 16.6. The smallest absolute Gasteiger partial charge is 0.308 e. The van der Waals surface area contributed by atoms with Gasteiger partial charge in [-0.05, 0) is 105 Å². The van der Waals surface area contributed by atoms with Gasteiger partial charge in [0.25, 0.3) is 0 Å². The lowest BCUT2D eigenvalue weighted by Crippen LogP contribution is -2.26. The van der Waals surface area contributed by atoms with E-state index in [1.54, 1.807) is 0 Å². The Morgan fingerprint density at radius 2 is 0.861 bits per heavy atom. The summed E-state index contributed by atoms with van der Waals surface area (Å²) in [7, 11) is 0. The van der Waals surface area contributed by atoms with Crippen LogP contribution in [0.2, 0.25) is 0 Å². The van der Waals surface area contributed by atoms with Crippen LogP contribution in [0.15, 0.2) is 0 Å². The van der Waals surface area contributed by atoms with Gasteiger partial charge in [-0.25, -0.2) is 0 Å². The van der Waals surface area contributed by atoms with Gasteiger partial charge in [-0.1, -0.05) is 26.7 Å². The summed E-state index contributed by atoms with van der Waals surface area (Å²) >= 11 is 0. The summed E-state index contributed by atoms with van der Waals surface area (Å²) < 4.78 is 23.2. The average molecular weight is 513 g/mol. The van der Waals surface area contributed by atoms with Crippen molar-refractivity contribution >= 4 is 11.9 Å². The first-order valence-electron chi connectivity index (χ1n) is 14.6. The van der Waals surface area contributed by atoms with Crippen molar-refractivity contribution in [2.75, 3.05) is 26.4 Å². The molecule has 1 saturated heterocycles. The molecule has 1 aliphatic heterocycles. The van der Waals surface area contributed by atoms with Crippen LogP contribution in [-0.2, 0) is 28.5 Å². The molecule has 212 valence electrons. The van der Waals surface area contributed by atoms with Crippen molar-refractivity contribution in [2.24, 2.45) is 11.8 Å². The van der Waals surface area contributed by atoms with Gasteiger partial charge in [0.05, 0.1) is 36.3 Å². The Balaban J connectivity index is 2.47. The predicted molar refractivity (Wildman–Crippen MR) is 145 cm³/mol. The van der Waals surface area contributed by atoms with Gasteiger partial charge in [-0.3, -0.25) is 9.59 Å². The monoisotopic (exact) mass is 512 g/mol. The highest BCUT2D eigenvalue weighted by Gasteiger charge is 2.22. The quantitative estimate of drug-likeness (QED) is 0.315. The summed E-state index contributed by atoms with van der Waals surface area (Å²) in [6.07, 6.45) is 13.4. The van der Waals surface area contributed by atoms with E-state index in [9.17, 15) is 9.59 Å². The largest absolute Gasteiger partial charge is 0.465 e. The molecule has 0 amide bonds. The number of ether oxygens (including phenoxy) is 4. The van der Waals surface area contributed by atoms with Crippen LogP contribution in [0.1, 0.15) is 131 Å². The van der Waals surface area contributed by atoms with E-state index in [0.717, 1.165) is 103 Å². The van der Waals surface area contributed by atoms with Crippen molar-refractivity contribution in [3.05, 3.63) is 0 Å². The Bertz CT molecular complexity index is 548. The third-order valence-electron chi connectivity index (χ3n) is 7.19. The van der Waals surface area contributed by atoms with Crippen molar-refractivity contribution in [3.8, 4) is 0 Å². The van der Waals surface area contributed by atoms with Crippen LogP contribution in [-0.4, -0.2) is 49.6 Å². The fraction of sp³-hybridized carbons (Fsp3) is 0.933. The minimum atomic E-state index is -0.184. The van der Waals surface area contributed by atoms with Gasteiger partial charge in [-0.2, -0.15) is 0 Å². The molecule has 0 bridgehead atoms. The lowest BCUT2D eigenvalue weighted by molar-refractivity contribution is -0.149. The number of hydrogen-bond acceptors (Lipinski definition) is 6. The molecule has 1 rings (SSSR count). The van der Waals surface area contributed by atoms with Crippen molar-refractivity contribution < 1.29 is 28.5 Å². The maximum Gasteiger partial charge on any atom is 0.308 e. The van der Waals surface area contributed by atoms with Crippen molar-refractivity contribution in [1.29, 1.82) is 0 Å². The number of carbonyl (C=O) groups is 2. The molecule has 1 heterocycles. The first-order valence-corrected chi connectivity index (χ1v) is 14.6. The molecule has 0 aliphatic carbocycles. The number of hydrogen-bond donors (Lipinski definition) is 0. The highest BCUT2D eigenvalue weighted by Crippen LogP contribution is 2.23. The lowest BCUT2D eigenvalue weighted by Gasteiger charge is -2.26. The average Bonchev–Trinajstić information content (AvgIpc) is 2.81. The zero-order valence-corrected chi connectivity index (χ0v) is 24.3. The number of cyclic esters (lactones) is 2. The van der Waals surface area contributed by atoms with E-state index in [2.05, 4.69) is 27.7 Å². The third kappa shape index (κ3) is 16.6. The highest BCUT2D eigenvalue weighted by molar-refractivity contribution is 5.72. The zero-order valence-electron chi connectivity index (χ0n) is 24.3. The molecule has 0 aromatic rings. The fourth-order valence-corrected chi connectivity index (χ4v) is 4.49. The van der Waals surface area contributed by atoms with E-state index in [1.807, 2.05) is 13.8 Å². The Hall–Kier alpha value is -1.14. The van der Waals surface area contributed by atoms with Crippen molar-refractivity contribution in [1.82, 2.24) is 0 Å². The van der Waals surface area contributed by atoms with E-state index in [1.165, 1.54) is 0 Å². The molecule has 0 aromatic carbocycles. The SMILES string of the molecule is CC1CCCC(C)(C)OCCCCCCOC(=O)C(C)CCCC(C)(C)OCCCCCCOC1=O. The molecule has 2 unspecified atom stereocenters. The van der Waals surface area contributed by atoms with Crippen LogP contribution < -0.4 is 0 Å². The summed E-state index contributed by atoms with van der Waals surface area (Å²) in [5.74, 6) is -0.292. The number of esters is 2. The van der Waals surface area contributed by atoms with Gasteiger partial charge >= 0.3 is 11.9 Å². The van der Waals surface area contributed by atoms with Crippen molar-refractivity contribution in [2.45, 2.75) is 143 Å². The van der Waals surface area contributed by atoms with E-state index < -0.39 is 0 Å². The van der Waals surface area contributed by atoms with Crippen LogP contribution in [0.25, 0.3) is 0 Å². The van der Waals surface area contributed by atoms with Gasteiger partial charge in [-0.15, -0.1) is 0 Å². The summed E-state index contributed by atoms with van der Waals surface area (Å²) in [5.41, 5.74) is -0.367. The van der Waals surface area contributed by atoms with E-state index in [4.69, 9.17) is 18.9 Å². The van der Waals surface area contributed by atoms with Crippen LogP contribution in [0.4, 0.5) is 0 Å². The maximum absolute atomic E-state index is 12.3. The predicted octanol–water partition coefficient (Wildman–Crippen LogP) is 7.41. The summed E-state index contributed by atoms with van der Waals surface area (Å²) in [6, 6.07) is 0. The minimum absolute atomic E-state index is 0.0691. The second kappa shape index (κ2) is 18.2. The molecule has 2 atom stereocenters. The van der Waals surface area contributed by atoms with Gasteiger partial charge in [0, 0.05) is 13.2 Å². The number of rotatable bonds is 0. The summed E-state index contributed by atoms with van der Waals surface area (Å²) in [6.45, 7) is 14.9. The van der Waals surface area contributed by atoms with Crippen LogP contribution in [0.5, 0.6) is 0 Å². The molecular weight excluding hydrogens is 456 g/mol. The molecule has 0 spiro atoms. The molecule has 0 saturated carbocycles. The Morgan fingerprint density at radius 3 is 1.22 bits per heavy atom. The Labute approximate surface area is 221 Å². The molecule has 1 aliphatic rings. The lowest BCUT2D eigenvalue weighted by atomic mass is 9.96. The normalized spacial score (nSPS) is 28.2. The molecule has 36 heavy (non-hydrogen) atoms. The van der Waals surface area contributed by atoms with Gasteiger partial charge < -0.3 is 18.9 Å². The summed E-state index contributed by atoms with van der Waals surface area (Å²) in [5, 5.41) is 0. The Morgan fingerprint density at radius 1 is 0.528 bits per heavy atom. The molecule has 6 heteroatoms. The first-order chi connectivity index (χ1) is 17.0. The maximum atomic E-state index is 12.3. The third-order valence-corrected chi connectivity index (χ3v) is 7.19. The van der Waals surface area contributed by atoms with Gasteiger partial charge in [0.1, 0.15) is 0 Å². The van der Waals surface area contributed by atoms with E-state index >= 15 is 0 Å². The number of carbonyl (C=O) groups excluding carboxylic acids is 2. The van der Waals surface area contributed by atoms with Crippen LogP contribution >= 0.6 is 0 Å². The molecule has 6 nitrogen and oxygen atoms in total. The first kappa shape index (κ1) is 32.9. The second-order valence-corrected chi connectivity index (χ2v) is 12.0. The zero-order chi connectivity index (χ0) is 26.9. The molecular formula is C30H56O6. The van der Waals surface area contributed by atoms with Gasteiger partial charge in [0.2, 0.25) is 0 Å². The summed E-state index contributed by atoms with van der Waals surface area (Å²) in [4.78, 5) is 24.6. The second-order valence-electron chi connectivity index (χ2n) is 12.0. The van der Waals surface area contributed by atoms with E-state index in [-0.39, 0.29) is 35.0 Å². The highest BCUT2D eigenvalue weighted by atomic mass is 16.5. The van der Waals surface area contributed by atoms with E-state index in [0.29, 0.717) is 13.2 Å². The van der Waals surface area contributed by atoms with Crippen LogP contribution in [0.3, 0.4) is 0 Å². The molecule has 0 N–H and O–H groups in total. The van der Waals surface area contributed by atoms with Crippen molar-refractivity contribution in [3.63, 3.8) is 0 Å². The molecule has 1 fully saturated rings. The van der Waals surface area contributed by atoms with Gasteiger partial charge in [0.15, 0.2) is 0 Å². The minimum Gasteiger partial charge on any atom is -0.465 e. The topological polar surface area (TPSA) is 71.1 Å². The fourth-order valence-electron chi connectivity index (χ4n) is 4.49. The molecule has 0 radical (unpaired) electrons. The standard InChI is InChI=1S/C30H56O6/c1-25-17-15-19-29(3,4)35-23-14-10-8-12-22-34-28(32)26(2)18-16-20-30(5,6)36-24-13-9-7-11-21-33-27(25)31/h25-26H,7-24H2,1-6H3. The molecule has 0 aromatic heterocycles.